The van der Waals surface area contributed by atoms with E-state index < -0.39 is 5.41 Å². The summed E-state index contributed by atoms with van der Waals surface area (Å²) in [6, 6.07) is 71.2. The summed E-state index contributed by atoms with van der Waals surface area (Å²) in [6.45, 7) is 7.52. The average Bonchev–Trinajstić information content (AvgIpc) is 3.33. The van der Waals surface area contributed by atoms with E-state index in [1.165, 1.54) is 5.39 Å². The molecule has 0 fully saturated rings. The topological polar surface area (TPSA) is 52.3 Å². The van der Waals surface area contributed by atoms with Crippen molar-refractivity contribution in [3.05, 3.63) is 240 Å². The van der Waals surface area contributed by atoms with Crippen LogP contribution in [-0.4, -0.2) is 15.0 Å². The second-order valence-corrected chi connectivity index (χ2v) is 15.0. The SMILES string of the molecule is [C-]#[N+]c1ccc(-c2nc(-c3cccc(-c4ccc5c(c4)C(c4ccccc4)(c4ccccc4)c4ccccc4O5)c3)nc(-c3cc4ccccc4c4ccccc34)n2)cc1. The molecule has 2 heterocycles. The third-order valence-corrected chi connectivity index (χ3v) is 11.7. The quantitative estimate of drug-likeness (QED) is 0.125. The largest absolute Gasteiger partial charge is 0.457 e. The van der Waals surface area contributed by atoms with Gasteiger partial charge in [0.25, 0.3) is 0 Å². The fraction of sp³-hybridized carbons (Fsp3) is 0.0182. The van der Waals surface area contributed by atoms with E-state index in [-0.39, 0.29) is 0 Å². The van der Waals surface area contributed by atoms with E-state index in [0.29, 0.717) is 23.2 Å². The molecule has 0 amide bonds. The van der Waals surface area contributed by atoms with Crippen LogP contribution in [0.4, 0.5) is 5.69 Å². The summed E-state index contributed by atoms with van der Waals surface area (Å²) in [6.07, 6.45) is 0. The zero-order chi connectivity index (χ0) is 40.0. The van der Waals surface area contributed by atoms with Crippen LogP contribution in [0.25, 0.3) is 71.7 Å². The van der Waals surface area contributed by atoms with Gasteiger partial charge in [-0.05, 0) is 74.1 Å². The number of aromatic nitrogens is 3. The number of hydrogen-bond acceptors (Lipinski definition) is 4. The highest BCUT2D eigenvalue weighted by molar-refractivity contribution is 6.13. The molecule has 0 saturated heterocycles. The molecule has 0 saturated carbocycles. The Morgan fingerprint density at radius 2 is 0.967 bits per heavy atom. The number of hydrogen-bond donors (Lipinski definition) is 0. The lowest BCUT2D eigenvalue weighted by Crippen LogP contribution is -2.34. The molecule has 0 radical (unpaired) electrons. The van der Waals surface area contributed by atoms with Crippen LogP contribution in [0.3, 0.4) is 0 Å². The molecule has 10 aromatic rings. The highest BCUT2D eigenvalue weighted by Gasteiger charge is 2.45. The standard InChI is InChI=1S/C55H34N4O/c1-56-43-30-27-36(28-31-43)52-57-53(59-54(58-52)47-34-39-15-8-9-22-44(39)45-23-10-11-24-46(45)47)40-17-14-16-37(33-40)38-29-32-51-49(35-38)55(41-18-4-2-5-19-41,42-20-6-3-7-21-42)48-25-12-13-26-50(48)60-51/h2-35H. The zero-order valence-electron chi connectivity index (χ0n) is 32.3. The smallest absolute Gasteiger partial charge is 0.187 e. The molecule has 0 aliphatic carbocycles. The van der Waals surface area contributed by atoms with E-state index in [1.807, 2.05) is 18.2 Å². The highest BCUT2D eigenvalue weighted by atomic mass is 16.5. The Hall–Kier alpha value is -8.20. The van der Waals surface area contributed by atoms with Crippen molar-refractivity contribution >= 4 is 27.2 Å². The van der Waals surface area contributed by atoms with Crippen LogP contribution in [-0.2, 0) is 5.41 Å². The minimum Gasteiger partial charge on any atom is -0.457 e. The van der Waals surface area contributed by atoms with Gasteiger partial charge in [0.05, 0.1) is 12.0 Å². The van der Waals surface area contributed by atoms with Crippen LogP contribution < -0.4 is 4.74 Å². The average molecular weight is 767 g/mol. The van der Waals surface area contributed by atoms with Crippen molar-refractivity contribution in [1.29, 1.82) is 0 Å². The number of fused-ring (bicyclic) bond motifs is 5. The zero-order valence-corrected chi connectivity index (χ0v) is 32.3. The summed E-state index contributed by atoms with van der Waals surface area (Å²) in [5.74, 6) is 3.34. The first-order valence-corrected chi connectivity index (χ1v) is 20.0. The van der Waals surface area contributed by atoms with Gasteiger partial charge in [0.2, 0.25) is 0 Å². The van der Waals surface area contributed by atoms with Gasteiger partial charge in [0.15, 0.2) is 23.2 Å². The first kappa shape index (κ1) is 35.0. The molecule has 5 heteroatoms. The van der Waals surface area contributed by atoms with Crippen LogP contribution in [0, 0.1) is 6.57 Å². The molecule has 280 valence electrons. The van der Waals surface area contributed by atoms with Crippen molar-refractivity contribution in [2.24, 2.45) is 0 Å². The van der Waals surface area contributed by atoms with E-state index in [2.05, 4.69) is 181 Å². The molecule has 1 aromatic heterocycles. The molecule has 0 N–H and O–H groups in total. The first-order chi connectivity index (χ1) is 29.7. The molecular weight excluding hydrogens is 733 g/mol. The summed E-state index contributed by atoms with van der Waals surface area (Å²) >= 11 is 0. The summed E-state index contributed by atoms with van der Waals surface area (Å²) < 4.78 is 6.70. The number of ether oxygens (including phenoxy) is 1. The lowest BCUT2D eigenvalue weighted by Gasteiger charge is -2.41. The molecule has 5 nitrogen and oxygen atoms in total. The van der Waals surface area contributed by atoms with Crippen molar-refractivity contribution in [1.82, 2.24) is 15.0 Å². The van der Waals surface area contributed by atoms with E-state index in [4.69, 9.17) is 26.3 Å². The monoisotopic (exact) mass is 766 g/mol. The summed E-state index contributed by atoms with van der Waals surface area (Å²) in [5.41, 5.74) is 9.06. The van der Waals surface area contributed by atoms with Crippen LogP contribution in [0.2, 0.25) is 0 Å². The normalized spacial score (nSPS) is 12.6. The van der Waals surface area contributed by atoms with Gasteiger partial charge in [0.1, 0.15) is 11.5 Å². The Morgan fingerprint density at radius 1 is 0.400 bits per heavy atom. The third-order valence-electron chi connectivity index (χ3n) is 11.7. The highest BCUT2D eigenvalue weighted by Crippen LogP contribution is 2.56. The molecule has 11 rings (SSSR count). The van der Waals surface area contributed by atoms with E-state index in [9.17, 15) is 0 Å². The summed E-state index contributed by atoms with van der Waals surface area (Å²) in [4.78, 5) is 19.1. The van der Waals surface area contributed by atoms with Crippen LogP contribution in [0.1, 0.15) is 22.3 Å². The van der Waals surface area contributed by atoms with Gasteiger partial charge in [-0.3, -0.25) is 0 Å². The Labute approximate surface area is 347 Å². The fourth-order valence-electron chi connectivity index (χ4n) is 8.90. The van der Waals surface area contributed by atoms with Crippen LogP contribution in [0.5, 0.6) is 11.5 Å². The van der Waals surface area contributed by atoms with Gasteiger partial charge in [0, 0.05) is 27.8 Å². The fourth-order valence-corrected chi connectivity index (χ4v) is 8.90. The molecule has 1 aliphatic rings. The molecule has 9 aromatic carbocycles. The Kier molecular flexibility index (Phi) is 8.35. The van der Waals surface area contributed by atoms with Gasteiger partial charge in [-0.2, -0.15) is 0 Å². The summed E-state index contributed by atoms with van der Waals surface area (Å²) in [7, 11) is 0. The Bertz CT molecular complexity index is 3260. The molecule has 0 unspecified atom stereocenters. The number of para-hydroxylation sites is 1. The second kappa shape index (κ2) is 14.3. The Morgan fingerprint density at radius 3 is 1.72 bits per heavy atom. The lowest BCUT2D eigenvalue weighted by molar-refractivity contribution is 0.434. The minimum absolute atomic E-state index is 0.536. The van der Waals surface area contributed by atoms with Gasteiger partial charge in [-0.15, -0.1) is 0 Å². The number of nitrogens with zero attached hydrogens (tertiary/aromatic N) is 4. The lowest BCUT2D eigenvalue weighted by atomic mass is 9.63. The van der Waals surface area contributed by atoms with Crippen molar-refractivity contribution < 1.29 is 4.74 Å². The maximum Gasteiger partial charge on any atom is 0.187 e. The number of benzene rings is 9. The molecule has 0 atom stereocenters. The van der Waals surface area contributed by atoms with E-state index in [0.717, 1.165) is 77.7 Å². The van der Waals surface area contributed by atoms with Gasteiger partial charge >= 0.3 is 0 Å². The predicted molar refractivity (Wildman–Crippen MR) is 241 cm³/mol. The van der Waals surface area contributed by atoms with Gasteiger partial charge in [-0.25, -0.2) is 19.8 Å². The molecule has 0 bridgehead atoms. The maximum absolute atomic E-state index is 7.52. The number of rotatable bonds is 6. The maximum atomic E-state index is 7.52. The van der Waals surface area contributed by atoms with Crippen molar-refractivity contribution in [2.75, 3.05) is 0 Å². The first-order valence-electron chi connectivity index (χ1n) is 20.0. The van der Waals surface area contributed by atoms with Gasteiger partial charge < -0.3 is 4.74 Å². The predicted octanol–water partition coefficient (Wildman–Crippen LogP) is 13.9. The second-order valence-electron chi connectivity index (χ2n) is 15.0. The molecule has 0 spiro atoms. The third kappa shape index (κ3) is 5.74. The van der Waals surface area contributed by atoms with E-state index in [1.54, 1.807) is 12.1 Å². The molecule has 1 aliphatic heterocycles. The van der Waals surface area contributed by atoms with Gasteiger partial charge in [-0.1, -0.05) is 176 Å². The minimum atomic E-state index is -0.635. The molecule has 60 heavy (non-hydrogen) atoms. The van der Waals surface area contributed by atoms with Crippen LogP contribution >= 0.6 is 0 Å². The Balaban J connectivity index is 1.10. The van der Waals surface area contributed by atoms with Crippen LogP contribution in [0.15, 0.2) is 206 Å². The van der Waals surface area contributed by atoms with Crippen molar-refractivity contribution in [2.45, 2.75) is 5.41 Å². The van der Waals surface area contributed by atoms with Crippen molar-refractivity contribution in [3.8, 4) is 56.8 Å². The summed E-state index contributed by atoms with van der Waals surface area (Å²) in [5, 5.41) is 4.49. The van der Waals surface area contributed by atoms with E-state index >= 15 is 0 Å². The van der Waals surface area contributed by atoms with Crippen molar-refractivity contribution in [3.63, 3.8) is 0 Å². The molecular formula is C55H34N4O.